The molecule has 4 rings (SSSR count). The van der Waals surface area contributed by atoms with Crippen LogP contribution in [0.15, 0.2) is 29.8 Å². The zero-order valence-corrected chi connectivity index (χ0v) is 22.2. The summed E-state index contributed by atoms with van der Waals surface area (Å²) in [7, 11) is 0. The van der Waals surface area contributed by atoms with Gasteiger partial charge in [0.25, 0.3) is 0 Å². The molecule has 9 nitrogen and oxygen atoms in total. The highest BCUT2D eigenvalue weighted by molar-refractivity contribution is 7.13. The summed E-state index contributed by atoms with van der Waals surface area (Å²) in [6.45, 7) is 10.9. The van der Waals surface area contributed by atoms with E-state index < -0.39 is 23.8 Å². The van der Waals surface area contributed by atoms with Gasteiger partial charge in [-0.2, -0.15) is 0 Å². The number of hydrogen-bond acceptors (Lipinski definition) is 8. The van der Waals surface area contributed by atoms with Crippen LogP contribution in [0.5, 0.6) is 0 Å². The van der Waals surface area contributed by atoms with E-state index in [-0.39, 0.29) is 24.9 Å². The Morgan fingerprint density at radius 1 is 1.25 bits per heavy atom. The van der Waals surface area contributed by atoms with Crippen molar-refractivity contribution in [1.82, 2.24) is 20.1 Å². The zero-order chi connectivity index (χ0) is 25.9. The molecule has 2 amide bonds. The van der Waals surface area contributed by atoms with Crippen molar-refractivity contribution in [3.8, 4) is 10.4 Å². The predicted octanol–water partition coefficient (Wildman–Crippen LogP) is 2.98. The Morgan fingerprint density at radius 2 is 1.94 bits per heavy atom. The summed E-state index contributed by atoms with van der Waals surface area (Å²) in [6, 6.07) is 7.11. The van der Waals surface area contributed by atoms with Gasteiger partial charge in [0.2, 0.25) is 5.91 Å². The van der Waals surface area contributed by atoms with Crippen molar-refractivity contribution < 1.29 is 24.2 Å². The SMILES string of the molecule is Cc1ncsc1-c1ccc([C@H](CN2CCOCC2)NC(=O)[C@@H]2C[C@@H](O)CN2C(=O)OC(C)(C)C)cc1. The fourth-order valence-electron chi connectivity index (χ4n) is 4.57. The van der Waals surface area contributed by atoms with Crippen LogP contribution < -0.4 is 5.32 Å². The number of morpholine rings is 1. The molecule has 2 aliphatic rings. The van der Waals surface area contributed by atoms with Gasteiger partial charge in [0.1, 0.15) is 11.6 Å². The number of carbonyl (C=O) groups excluding carboxylic acids is 2. The molecule has 0 saturated carbocycles. The molecule has 10 heteroatoms. The topological polar surface area (TPSA) is 104 Å². The van der Waals surface area contributed by atoms with Gasteiger partial charge in [0.05, 0.1) is 48.0 Å². The van der Waals surface area contributed by atoms with Crippen molar-refractivity contribution in [3.05, 3.63) is 41.0 Å². The van der Waals surface area contributed by atoms with Crippen LogP contribution in [0.3, 0.4) is 0 Å². The Morgan fingerprint density at radius 3 is 2.56 bits per heavy atom. The van der Waals surface area contributed by atoms with Crippen molar-refractivity contribution in [2.24, 2.45) is 0 Å². The minimum atomic E-state index is -0.791. The van der Waals surface area contributed by atoms with Gasteiger partial charge in [-0.1, -0.05) is 24.3 Å². The third-order valence-electron chi connectivity index (χ3n) is 6.39. The summed E-state index contributed by atoms with van der Waals surface area (Å²) in [4.78, 5) is 35.3. The van der Waals surface area contributed by atoms with Crippen LogP contribution in [-0.2, 0) is 14.3 Å². The number of nitrogens with one attached hydrogen (secondary N) is 1. The maximum atomic E-state index is 13.5. The summed E-state index contributed by atoms with van der Waals surface area (Å²) in [5.41, 5.74) is 4.20. The van der Waals surface area contributed by atoms with E-state index in [1.165, 1.54) is 4.90 Å². The second-order valence-electron chi connectivity index (χ2n) is 10.4. The molecule has 2 fully saturated rings. The number of amides is 2. The Balaban J connectivity index is 1.53. The van der Waals surface area contributed by atoms with Gasteiger partial charge in [0.15, 0.2) is 0 Å². The zero-order valence-electron chi connectivity index (χ0n) is 21.4. The number of β-amino-alcohol motifs (C(OH)–C–C–N with tert-alkyl or cyclic N) is 1. The minimum absolute atomic E-state index is 0.0734. The summed E-state index contributed by atoms with van der Waals surface area (Å²) < 4.78 is 11.0. The fourth-order valence-corrected chi connectivity index (χ4v) is 5.39. The van der Waals surface area contributed by atoms with Crippen LogP contribution >= 0.6 is 11.3 Å². The van der Waals surface area contributed by atoms with Gasteiger partial charge in [-0.25, -0.2) is 9.78 Å². The smallest absolute Gasteiger partial charge is 0.411 e. The lowest BCUT2D eigenvalue weighted by Gasteiger charge is -2.33. The number of rotatable bonds is 6. The molecular weight excluding hydrogens is 480 g/mol. The highest BCUT2D eigenvalue weighted by Gasteiger charge is 2.41. The molecule has 3 atom stereocenters. The third-order valence-corrected chi connectivity index (χ3v) is 7.37. The first-order valence-corrected chi connectivity index (χ1v) is 13.3. The maximum absolute atomic E-state index is 13.5. The van der Waals surface area contributed by atoms with Gasteiger partial charge in [0, 0.05) is 26.1 Å². The Hall–Kier alpha value is -2.53. The molecular formula is C26H36N4O5S. The number of nitrogens with zero attached hydrogens (tertiary/aromatic N) is 3. The van der Waals surface area contributed by atoms with Crippen LogP contribution in [0.2, 0.25) is 0 Å². The van der Waals surface area contributed by atoms with E-state index in [1.54, 1.807) is 32.1 Å². The van der Waals surface area contributed by atoms with E-state index in [2.05, 4.69) is 27.3 Å². The second kappa shape index (κ2) is 11.2. The lowest BCUT2D eigenvalue weighted by atomic mass is 10.0. The average Bonchev–Trinajstić information content (AvgIpc) is 3.44. The first kappa shape index (κ1) is 26.5. The number of aliphatic hydroxyl groups is 1. The van der Waals surface area contributed by atoms with E-state index in [9.17, 15) is 14.7 Å². The van der Waals surface area contributed by atoms with Crippen molar-refractivity contribution in [2.75, 3.05) is 39.4 Å². The predicted molar refractivity (Wildman–Crippen MR) is 138 cm³/mol. The monoisotopic (exact) mass is 516 g/mol. The number of ether oxygens (including phenoxy) is 2. The highest BCUT2D eigenvalue weighted by Crippen LogP contribution is 2.29. The third kappa shape index (κ3) is 6.61. The van der Waals surface area contributed by atoms with Gasteiger partial charge in [-0.15, -0.1) is 11.3 Å². The van der Waals surface area contributed by atoms with Gasteiger partial charge in [-0.05, 0) is 38.8 Å². The van der Waals surface area contributed by atoms with Crippen molar-refractivity contribution >= 4 is 23.3 Å². The number of aliphatic hydroxyl groups excluding tert-OH is 1. The number of aryl methyl sites for hydroxylation is 1. The minimum Gasteiger partial charge on any atom is -0.444 e. The Bertz CT molecular complexity index is 1050. The quantitative estimate of drug-likeness (QED) is 0.608. The van der Waals surface area contributed by atoms with E-state index in [0.717, 1.165) is 34.8 Å². The maximum Gasteiger partial charge on any atom is 0.411 e. The number of aromatic nitrogens is 1. The molecule has 36 heavy (non-hydrogen) atoms. The van der Waals surface area contributed by atoms with Crippen molar-refractivity contribution in [3.63, 3.8) is 0 Å². The normalized spacial score (nSPS) is 21.9. The van der Waals surface area contributed by atoms with E-state index in [4.69, 9.17) is 9.47 Å². The molecule has 0 radical (unpaired) electrons. The fraction of sp³-hybridized carbons (Fsp3) is 0.577. The molecule has 196 valence electrons. The van der Waals surface area contributed by atoms with Gasteiger partial charge in [-0.3, -0.25) is 14.6 Å². The molecule has 0 aliphatic carbocycles. The summed E-state index contributed by atoms with van der Waals surface area (Å²) >= 11 is 1.60. The van der Waals surface area contributed by atoms with E-state index >= 15 is 0 Å². The molecule has 2 aliphatic heterocycles. The lowest BCUT2D eigenvalue weighted by molar-refractivity contribution is -0.126. The van der Waals surface area contributed by atoms with Crippen LogP contribution in [0.4, 0.5) is 4.79 Å². The van der Waals surface area contributed by atoms with E-state index in [1.807, 2.05) is 24.6 Å². The second-order valence-corrected chi connectivity index (χ2v) is 11.3. The molecule has 0 spiro atoms. The van der Waals surface area contributed by atoms with Crippen LogP contribution in [0.1, 0.15) is 44.5 Å². The molecule has 3 heterocycles. The van der Waals surface area contributed by atoms with Crippen LogP contribution in [-0.4, -0.2) is 89.0 Å². The lowest BCUT2D eigenvalue weighted by Crippen LogP contribution is -2.50. The molecule has 0 unspecified atom stereocenters. The molecule has 0 bridgehead atoms. The number of carbonyl (C=O) groups is 2. The van der Waals surface area contributed by atoms with Crippen LogP contribution in [0, 0.1) is 6.92 Å². The molecule has 2 saturated heterocycles. The van der Waals surface area contributed by atoms with Crippen molar-refractivity contribution in [1.29, 1.82) is 0 Å². The first-order chi connectivity index (χ1) is 17.1. The summed E-state index contributed by atoms with van der Waals surface area (Å²) in [5.74, 6) is -0.293. The standard InChI is InChI=1S/C26H36N4O5S/c1-17-23(36-16-27-17)19-7-5-18(6-8-19)21(15-29-9-11-34-12-10-29)28-24(32)22-13-20(31)14-30(22)25(33)35-26(2,3)4/h5-8,16,20-22,31H,9-15H2,1-4H3,(H,28,32)/t20-,21+,22+/m1/s1. The van der Waals surface area contributed by atoms with Crippen LogP contribution in [0.25, 0.3) is 10.4 Å². The number of thiazole rings is 1. The molecule has 1 aromatic carbocycles. The molecule has 2 aromatic rings. The first-order valence-electron chi connectivity index (χ1n) is 12.4. The number of benzene rings is 1. The summed E-state index contributed by atoms with van der Waals surface area (Å²) in [5, 5.41) is 13.4. The van der Waals surface area contributed by atoms with Gasteiger partial charge < -0.3 is 19.9 Å². The summed E-state index contributed by atoms with van der Waals surface area (Å²) in [6.07, 6.45) is -1.18. The number of hydrogen-bond donors (Lipinski definition) is 2. The number of likely N-dealkylation sites (tertiary alicyclic amines) is 1. The van der Waals surface area contributed by atoms with Gasteiger partial charge >= 0.3 is 6.09 Å². The highest BCUT2D eigenvalue weighted by atomic mass is 32.1. The average molecular weight is 517 g/mol. The van der Waals surface area contributed by atoms with Crippen molar-refractivity contribution in [2.45, 2.75) is 57.9 Å². The molecule has 1 aromatic heterocycles. The largest absolute Gasteiger partial charge is 0.444 e. The molecule has 2 N–H and O–H groups in total. The van der Waals surface area contributed by atoms with E-state index in [0.29, 0.717) is 19.8 Å². The Kier molecular flexibility index (Phi) is 8.29. The Labute approximate surface area is 216 Å².